The van der Waals surface area contributed by atoms with Gasteiger partial charge in [0.25, 0.3) is 0 Å². The monoisotopic (exact) mass is 524 g/mol. The highest BCUT2D eigenvalue weighted by molar-refractivity contribution is 5.81. The molecular formula is C29H33FN2O6. The summed E-state index contributed by atoms with van der Waals surface area (Å²) >= 11 is 0. The lowest BCUT2D eigenvalue weighted by Crippen LogP contribution is -2.34. The van der Waals surface area contributed by atoms with Crippen molar-refractivity contribution in [1.82, 2.24) is 9.97 Å². The average molecular weight is 525 g/mol. The topological polar surface area (TPSA) is 103 Å². The summed E-state index contributed by atoms with van der Waals surface area (Å²) in [5.41, 5.74) is 3.38. The molecule has 3 aromatic rings. The molecular weight excluding hydrogens is 491 g/mol. The number of rotatable bonds is 7. The van der Waals surface area contributed by atoms with E-state index in [2.05, 4.69) is 22.1 Å². The van der Waals surface area contributed by atoms with E-state index in [0.717, 1.165) is 25.7 Å². The van der Waals surface area contributed by atoms with Crippen LogP contribution in [0.4, 0.5) is 4.39 Å². The summed E-state index contributed by atoms with van der Waals surface area (Å²) in [7, 11) is 0. The highest BCUT2D eigenvalue weighted by Crippen LogP contribution is 2.38. The molecule has 1 saturated carbocycles. The Morgan fingerprint density at radius 3 is 2.63 bits per heavy atom. The first kappa shape index (κ1) is 25.3. The standard InChI is InChI=1S/C29H33FN2O6/c1-2-35-26(34)11-16-3-5-17(6-4-16)18-7-9-19(10-8-18)27-20(30)12-21-22(32-27)13-25(31-21)38-24-15-37-28-23(33)14-36-29(24)28/h7-10,12-13,16-17,23-24,28-29,31,33H,2-6,11,14-15H2,1H3/t16?,17?,23-,24-,28-,29-/m1/s1. The number of H-pyrrole nitrogens is 1. The third kappa shape index (κ3) is 5.02. The second kappa shape index (κ2) is 10.6. The van der Waals surface area contributed by atoms with Crippen LogP contribution in [0, 0.1) is 11.7 Å². The largest absolute Gasteiger partial charge is 0.470 e. The van der Waals surface area contributed by atoms with E-state index in [4.69, 9.17) is 18.9 Å². The molecule has 2 saturated heterocycles. The van der Waals surface area contributed by atoms with Gasteiger partial charge in [-0.15, -0.1) is 0 Å². The summed E-state index contributed by atoms with van der Waals surface area (Å²) < 4.78 is 37.4. The van der Waals surface area contributed by atoms with Crippen LogP contribution < -0.4 is 4.74 Å². The molecule has 0 spiro atoms. The van der Waals surface area contributed by atoms with E-state index in [0.29, 0.717) is 59.6 Å². The number of nitrogens with one attached hydrogen (secondary N) is 1. The number of carbonyl (C=O) groups is 1. The molecule has 38 heavy (non-hydrogen) atoms. The number of pyridine rings is 1. The fourth-order valence-electron chi connectivity index (χ4n) is 6.05. The molecule has 1 aromatic carbocycles. The minimum Gasteiger partial charge on any atom is -0.470 e. The number of aliphatic hydroxyl groups excluding tert-OH is 1. The van der Waals surface area contributed by atoms with Crippen molar-refractivity contribution in [2.24, 2.45) is 5.92 Å². The van der Waals surface area contributed by atoms with Crippen LogP contribution in [0.5, 0.6) is 5.88 Å². The number of aromatic nitrogens is 2. The molecule has 3 fully saturated rings. The van der Waals surface area contributed by atoms with Crippen molar-refractivity contribution < 1.29 is 33.2 Å². The third-order valence-electron chi connectivity index (χ3n) is 8.05. The minimum absolute atomic E-state index is 0.100. The van der Waals surface area contributed by atoms with Gasteiger partial charge in [0.2, 0.25) is 0 Å². The normalized spacial score (nSPS) is 28.9. The number of benzene rings is 1. The van der Waals surface area contributed by atoms with Gasteiger partial charge in [0.15, 0.2) is 17.8 Å². The Morgan fingerprint density at radius 1 is 1.11 bits per heavy atom. The molecule has 0 unspecified atom stereocenters. The Kier molecular flexibility index (Phi) is 7.07. The van der Waals surface area contributed by atoms with Gasteiger partial charge in [-0.05, 0) is 50.0 Å². The summed E-state index contributed by atoms with van der Waals surface area (Å²) in [6.45, 7) is 2.81. The van der Waals surface area contributed by atoms with Gasteiger partial charge in [-0.25, -0.2) is 9.37 Å². The zero-order valence-electron chi connectivity index (χ0n) is 21.4. The first-order chi connectivity index (χ1) is 18.5. The van der Waals surface area contributed by atoms with Crippen LogP contribution in [-0.2, 0) is 19.0 Å². The number of fused-ring (bicyclic) bond motifs is 2. The molecule has 3 aliphatic rings. The maximum atomic E-state index is 15.1. The molecule has 2 aromatic heterocycles. The Balaban J connectivity index is 1.12. The van der Waals surface area contributed by atoms with Gasteiger partial charge in [-0.1, -0.05) is 24.3 Å². The van der Waals surface area contributed by atoms with E-state index in [1.807, 2.05) is 19.1 Å². The fourth-order valence-corrected chi connectivity index (χ4v) is 6.05. The molecule has 2 aliphatic heterocycles. The van der Waals surface area contributed by atoms with Crippen molar-refractivity contribution in [3.8, 4) is 17.1 Å². The molecule has 0 radical (unpaired) electrons. The van der Waals surface area contributed by atoms with Crippen LogP contribution in [0.3, 0.4) is 0 Å². The number of aliphatic hydroxyl groups is 1. The van der Waals surface area contributed by atoms with Crippen molar-refractivity contribution in [2.45, 2.75) is 69.4 Å². The first-order valence-corrected chi connectivity index (χ1v) is 13.5. The van der Waals surface area contributed by atoms with E-state index in [-0.39, 0.29) is 30.9 Å². The lowest BCUT2D eigenvalue weighted by atomic mass is 9.77. The average Bonchev–Trinajstić information content (AvgIpc) is 3.61. The van der Waals surface area contributed by atoms with E-state index in [9.17, 15) is 9.90 Å². The summed E-state index contributed by atoms with van der Waals surface area (Å²) in [6.07, 6.45) is 2.88. The summed E-state index contributed by atoms with van der Waals surface area (Å²) in [5, 5.41) is 9.93. The molecule has 4 atom stereocenters. The molecule has 4 heterocycles. The van der Waals surface area contributed by atoms with Crippen LogP contribution in [0.15, 0.2) is 36.4 Å². The van der Waals surface area contributed by atoms with E-state index in [1.165, 1.54) is 11.6 Å². The van der Waals surface area contributed by atoms with Gasteiger partial charge in [0.05, 0.1) is 30.9 Å². The molecule has 6 rings (SSSR count). The smallest absolute Gasteiger partial charge is 0.306 e. The first-order valence-electron chi connectivity index (χ1n) is 13.5. The number of aromatic amines is 1. The molecule has 0 amide bonds. The Hall–Kier alpha value is -3.01. The van der Waals surface area contributed by atoms with Crippen LogP contribution in [0.2, 0.25) is 0 Å². The Morgan fingerprint density at radius 2 is 1.87 bits per heavy atom. The summed E-state index contributed by atoms with van der Waals surface area (Å²) in [4.78, 5) is 19.4. The quantitative estimate of drug-likeness (QED) is 0.439. The number of ether oxygens (including phenoxy) is 4. The van der Waals surface area contributed by atoms with Gasteiger partial charge in [-0.2, -0.15) is 0 Å². The predicted molar refractivity (Wildman–Crippen MR) is 137 cm³/mol. The molecule has 2 N–H and O–H groups in total. The van der Waals surface area contributed by atoms with Crippen LogP contribution in [-0.4, -0.2) is 65.3 Å². The summed E-state index contributed by atoms with van der Waals surface area (Å²) in [6, 6.07) is 11.2. The second-order valence-electron chi connectivity index (χ2n) is 10.6. The zero-order valence-corrected chi connectivity index (χ0v) is 21.4. The maximum absolute atomic E-state index is 15.1. The second-order valence-corrected chi connectivity index (χ2v) is 10.6. The van der Waals surface area contributed by atoms with E-state index < -0.39 is 11.9 Å². The Bertz CT molecular complexity index is 1290. The third-order valence-corrected chi connectivity index (χ3v) is 8.05. The maximum Gasteiger partial charge on any atom is 0.306 e. The molecule has 0 bridgehead atoms. The minimum atomic E-state index is -0.646. The Labute approximate surface area is 220 Å². The molecule has 1 aliphatic carbocycles. The van der Waals surface area contributed by atoms with Gasteiger partial charge in [-0.3, -0.25) is 4.79 Å². The van der Waals surface area contributed by atoms with Crippen molar-refractivity contribution >= 4 is 17.0 Å². The number of hydrogen-bond acceptors (Lipinski definition) is 7. The van der Waals surface area contributed by atoms with Gasteiger partial charge >= 0.3 is 5.97 Å². The van der Waals surface area contributed by atoms with Crippen LogP contribution in [0.1, 0.15) is 50.5 Å². The number of carbonyl (C=O) groups excluding carboxylic acids is 1. The van der Waals surface area contributed by atoms with Gasteiger partial charge in [0, 0.05) is 24.1 Å². The number of esters is 1. The van der Waals surface area contributed by atoms with E-state index in [1.54, 1.807) is 6.07 Å². The predicted octanol–water partition coefficient (Wildman–Crippen LogP) is 4.50. The number of halogens is 1. The molecule has 8 nitrogen and oxygen atoms in total. The van der Waals surface area contributed by atoms with Crippen molar-refractivity contribution in [1.29, 1.82) is 0 Å². The molecule has 202 valence electrons. The highest BCUT2D eigenvalue weighted by atomic mass is 19.1. The summed E-state index contributed by atoms with van der Waals surface area (Å²) in [5.74, 6) is 0.777. The lowest BCUT2D eigenvalue weighted by Gasteiger charge is -2.28. The lowest BCUT2D eigenvalue weighted by molar-refractivity contribution is -0.144. The number of nitrogens with zero attached hydrogens (tertiary/aromatic N) is 1. The van der Waals surface area contributed by atoms with Crippen molar-refractivity contribution in [3.63, 3.8) is 0 Å². The fraction of sp³-hybridized carbons (Fsp3) is 0.517. The zero-order chi connectivity index (χ0) is 26.2. The number of hydrogen-bond donors (Lipinski definition) is 2. The van der Waals surface area contributed by atoms with Gasteiger partial charge < -0.3 is 29.0 Å². The van der Waals surface area contributed by atoms with Gasteiger partial charge in [0.1, 0.15) is 24.0 Å². The van der Waals surface area contributed by atoms with Crippen molar-refractivity contribution in [2.75, 3.05) is 19.8 Å². The van der Waals surface area contributed by atoms with Crippen molar-refractivity contribution in [3.05, 3.63) is 47.8 Å². The van der Waals surface area contributed by atoms with Crippen LogP contribution >= 0.6 is 0 Å². The van der Waals surface area contributed by atoms with Crippen LogP contribution in [0.25, 0.3) is 22.3 Å². The van der Waals surface area contributed by atoms with E-state index >= 15 is 4.39 Å². The SMILES string of the molecule is CCOC(=O)CC1CCC(c2ccc(-c3nc4cc(O[C@@H]5CO[C@H]6[C@@H]5OC[C@H]6O)[nH]c4cc3F)cc2)CC1. The highest BCUT2D eigenvalue weighted by Gasteiger charge is 2.48. The molecule has 9 heteroatoms.